The molecule has 2 aromatic rings. The third-order valence-electron chi connectivity index (χ3n) is 4.97. The molecule has 0 aromatic heterocycles. The minimum Gasteiger partial charge on any atom is -0.326 e. The number of nitrogens with one attached hydrogen (secondary N) is 2. The maximum atomic E-state index is 12.5. The molecule has 0 bridgehead atoms. The molecule has 0 atom stereocenters. The van der Waals surface area contributed by atoms with Crippen molar-refractivity contribution in [3.05, 3.63) is 59.2 Å². The standard InChI is InChI=1S/C22H27N3O2/c1-4-21(26)23-19-10-7-16(3)20(12-19)24-22(27)25-13-18(14-25)11-17-8-5-15(2)6-9-17/h5-10,12,18H,4,11,13-14H2,1-3H3,(H,23,26)(H,24,27). The highest BCUT2D eigenvalue weighted by atomic mass is 16.2. The lowest BCUT2D eigenvalue weighted by atomic mass is 9.92. The lowest BCUT2D eigenvalue weighted by molar-refractivity contribution is -0.115. The summed E-state index contributed by atoms with van der Waals surface area (Å²) in [5.74, 6) is 0.465. The normalized spacial score (nSPS) is 13.8. The van der Waals surface area contributed by atoms with Gasteiger partial charge < -0.3 is 15.5 Å². The molecule has 1 aliphatic heterocycles. The summed E-state index contributed by atoms with van der Waals surface area (Å²) in [5.41, 5.74) is 4.98. The molecule has 3 amide bonds. The number of urea groups is 1. The second kappa shape index (κ2) is 8.25. The number of anilines is 2. The van der Waals surface area contributed by atoms with Gasteiger partial charge in [0.15, 0.2) is 0 Å². The fraction of sp³-hybridized carbons (Fsp3) is 0.364. The molecule has 3 rings (SSSR count). The molecule has 0 unspecified atom stereocenters. The summed E-state index contributed by atoms with van der Waals surface area (Å²) in [6, 6.07) is 14.1. The molecule has 5 nitrogen and oxygen atoms in total. The first-order valence-corrected chi connectivity index (χ1v) is 9.46. The molecule has 5 heteroatoms. The van der Waals surface area contributed by atoms with Crippen molar-refractivity contribution in [1.29, 1.82) is 0 Å². The van der Waals surface area contributed by atoms with Crippen LogP contribution in [0.4, 0.5) is 16.2 Å². The van der Waals surface area contributed by atoms with Crippen LogP contribution in [-0.4, -0.2) is 29.9 Å². The van der Waals surface area contributed by atoms with Crippen LogP contribution in [0.5, 0.6) is 0 Å². The van der Waals surface area contributed by atoms with Crippen LogP contribution in [0.25, 0.3) is 0 Å². The maximum absolute atomic E-state index is 12.5. The fourth-order valence-corrected chi connectivity index (χ4v) is 3.20. The van der Waals surface area contributed by atoms with Crippen LogP contribution in [0.2, 0.25) is 0 Å². The molecule has 1 fully saturated rings. The van der Waals surface area contributed by atoms with Gasteiger partial charge in [0.05, 0.1) is 0 Å². The number of nitrogens with zero attached hydrogens (tertiary/aromatic N) is 1. The van der Waals surface area contributed by atoms with Gasteiger partial charge in [-0.15, -0.1) is 0 Å². The Morgan fingerprint density at radius 1 is 1.04 bits per heavy atom. The molecule has 0 saturated carbocycles. The second-order valence-electron chi connectivity index (χ2n) is 7.32. The van der Waals surface area contributed by atoms with Gasteiger partial charge in [-0.05, 0) is 49.4 Å². The van der Waals surface area contributed by atoms with Crippen molar-refractivity contribution in [3.8, 4) is 0 Å². The minimum atomic E-state index is -0.0859. The molecule has 0 aliphatic carbocycles. The third kappa shape index (κ3) is 4.88. The van der Waals surface area contributed by atoms with Crippen LogP contribution in [0, 0.1) is 19.8 Å². The molecule has 1 aliphatic rings. The quantitative estimate of drug-likeness (QED) is 0.827. The van der Waals surface area contributed by atoms with Gasteiger partial charge >= 0.3 is 6.03 Å². The highest BCUT2D eigenvalue weighted by molar-refractivity contribution is 5.94. The van der Waals surface area contributed by atoms with Crippen molar-refractivity contribution in [2.24, 2.45) is 5.92 Å². The van der Waals surface area contributed by atoms with Gasteiger partial charge in [-0.25, -0.2) is 4.79 Å². The SMILES string of the molecule is CCC(=O)Nc1ccc(C)c(NC(=O)N2CC(Cc3ccc(C)cc3)C2)c1. The number of amides is 3. The largest absolute Gasteiger partial charge is 0.326 e. The Kier molecular flexibility index (Phi) is 5.79. The van der Waals surface area contributed by atoms with Crippen LogP contribution in [0.3, 0.4) is 0 Å². The average molecular weight is 365 g/mol. The first-order valence-electron chi connectivity index (χ1n) is 9.46. The van der Waals surface area contributed by atoms with Gasteiger partial charge in [0.2, 0.25) is 5.91 Å². The maximum Gasteiger partial charge on any atom is 0.321 e. The number of carbonyl (C=O) groups excluding carboxylic acids is 2. The highest BCUT2D eigenvalue weighted by Gasteiger charge is 2.30. The van der Waals surface area contributed by atoms with E-state index < -0.39 is 0 Å². The van der Waals surface area contributed by atoms with Gasteiger partial charge in [-0.3, -0.25) is 4.79 Å². The number of hydrogen-bond acceptors (Lipinski definition) is 2. The molecule has 142 valence electrons. The van der Waals surface area contributed by atoms with E-state index in [4.69, 9.17) is 0 Å². The van der Waals surface area contributed by atoms with E-state index >= 15 is 0 Å². The van der Waals surface area contributed by atoms with Gasteiger partial charge in [-0.1, -0.05) is 42.8 Å². The second-order valence-corrected chi connectivity index (χ2v) is 7.32. The topological polar surface area (TPSA) is 61.4 Å². The van der Waals surface area contributed by atoms with E-state index in [-0.39, 0.29) is 11.9 Å². The first-order chi connectivity index (χ1) is 12.9. The lowest BCUT2D eigenvalue weighted by Crippen LogP contribution is -2.52. The molecule has 0 spiro atoms. The molecule has 1 heterocycles. The van der Waals surface area contributed by atoms with Gasteiger partial charge in [0, 0.05) is 30.9 Å². The van der Waals surface area contributed by atoms with Crippen LogP contribution in [-0.2, 0) is 11.2 Å². The summed E-state index contributed by atoms with van der Waals surface area (Å²) >= 11 is 0. The third-order valence-corrected chi connectivity index (χ3v) is 4.97. The van der Waals surface area contributed by atoms with E-state index in [1.807, 2.05) is 36.9 Å². The number of likely N-dealkylation sites (tertiary alicyclic amines) is 1. The first kappa shape index (κ1) is 19.0. The summed E-state index contributed by atoms with van der Waals surface area (Å²) in [7, 11) is 0. The molecule has 0 radical (unpaired) electrons. The van der Waals surface area contributed by atoms with Crippen LogP contribution in [0.15, 0.2) is 42.5 Å². The minimum absolute atomic E-state index is 0.0437. The summed E-state index contributed by atoms with van der Waals surface area (Å²) in [6.45, 7) is 7.38. The van der Waals surface area contributed by atoms with Gasteiger partial charge in [0.1, 0.15) is 0 Å². The van der Waals surface area contributed by atoms with Crippen LogP contribution in [0.1, 0.15) is 30.0 Å². The average Bonchev–Trinajstić information content (AvgIpc) is 2.62. The van der Waals surface area contributed by atoms with Crippen molar-refractivity contribution >= 4 is 23.3 Å². The summed E-state index contributed by atoms with van der Waals surface area (Å²) < 4.78 is 0. The summed E-state index contributed by atoms with van der Waals surface area (Å²) in [4.78, 5) is 25.9. The predicted molar refractivity (Wildman–Crippen MR) is 109 cm³/mol. The Labute approximate surface area is 160 Å². The summed E-state index contributed by atoms with van der Waals surface area (Å²) in [6.07, 6.45) is 1.42. The Morgan fingerprint density at radius 3 is 2.41 bits per heavy atom. The number of hydrogen-bond donors (Lipinski definition) is 2. The van der Waals surface area contributed by atoms with E-state index in [2.05, 4.69) is 41.8 Å². The monoisotopic (exact) mass is 365 g/mol. The molecule has 1 saturated heterocycles. The van der Waals surface area contributed by atoms with Crippen molar-refractivity contribution in [2.45, 2.75) is 33.6 Å². The molecular formula is C22H27N3O2. The van der Waals surface area contributed by atoms with Crippen LogP contribution >= 0.6 is 0 Å². The molecule has 2 aromatic carbocycles. The zero-order chi connectivity index (χ0) is 19.4. The fourth-order valence-electron chi connectivity index (χ4n) is 3.20. The number of rotatable bonds is 5. The molecular weight excluding hydrogens is 338 g/mol. The zero-order valence-electron chi connectivity index (χ0n) is 16.2. The Morgan fingerprint density at radius 2 is 1.74 bits per heavy atom. The number of benzene rings is 2. The van der Waals surface area contributed by atoms with Gasteiger partial charge in [0.25, 0.3) is 0 Å². The number of aryl methyl sites for hydroxylation is 2. The summed E-state index contributed by atoms with van der Waals surface area (Å²) in [5, 5.41) is 5.80. The zero-order valence-corrected chi connectivity index (χ0v) is 16.2. The van der Waals surface area contributed by atoms with Gasteiger partial charge in [-0.2, -0.15) is 0 Å². The van der Waals surface area contributed by atoms with E-state index in [1.54, 1.807) is 0 Å². The Hall–Kier alpha value is -2.82. The van der Waals surface area contributed by atoms with Crippen molar-refractivity contribution in [1.82, 2.24) is 4.90 Å². The lowest BCUT2D eigenvalue weighted by Gasteiger charge is -2.39. The van der Waals surface area contributed by atoms with E-state index in [1.165, 1.54) is 11.1 Å². The molecule has 2 N–H and O–H groups in total. The highest BCUT2D eigenvalue weighted by Crippen LogP contribution is 2.24. The Bertz CT molecular complexity index is 824. The van der Waals surface area contributed by atoms with Crippen molar-refractivity contribution in [3.63, 3.8) is 0 Å². The Balaban J connectivity index is 1.53. The van der Waals surface area contributed by atoms with Crippen molar-refractivity contribution in [2.75, 3.05) is 23.7 Å². The van der Waals surface area contributed by atoms with E-state index in [0.29, 0.717) is 18.0 Å². The van der Waals surface area contributed by atoms with E-state index in [9.17, 15) is 9.59 Å². The van der Waals surface area contributed by atoms with Crippen LogP contribution < -0.4 is 10.6 Å². The molecule has 27 heavy (non-hydrogen) atoms. The predicted octanol–water partition coefficient (Wildman–Crippen LogP) is 4.36. The van der Waals surface area contributed by atoms with E-state index in [0.717, 1.165) is 30.8 Å². The van der Waals surface area contributed by atoms with Crippen molar-refractivity contribution < 1.29 is 9.59 Å². The number of carbonyl (C=O) groups is 2. The smallest absolute Gasteiger partial charge is 0.321 e.